The van der Waals surface area contributed by atoms with E-state index in [2.05, 4.69) is 17.2 Å². The summed E-state index contributed by atoms with van der Waals surface area (Å²) in [5, 5.41) is 3.19. The first-order chi connectivity index (χ1) is 9.74. The molecule has 0 aliphatic rings. The monoisotopic (exact) mass is 272 g/mol. The molecule has 1 N–H and O–H groups in total. The smallest absolute Gasteiger partial charge is 0.223 e. The Labute approximate surface area is 119 Å². The number of hydrogen-bond acceptors (Lipinski definition) is 4. The fraction of sp³-hybridized carbons (Fsp3) is 0.312. The highest BCUT2D eigenvalue weighted by molar-refractivity contribution is 5.36. The van der Waals surface area contributed by atoms with Crippen molar-refractivity contribution in [3.8, 4) is 17.4 Å². The van der Waals surface area contributed by atoms with Gasteiger partial charge in [-0.25, -0.2) is 4.98 Å². The van der Waals surface area contributed by atoms with Crippen molar-refractivity contribution in [3.05, 3.63) is 48.2 Å². The Kier molecular flexibility index (Phi) is 4.96. The SMILES string of the molecule is CCOc1ccc(Oc2ncccc2C(C)NC)cc1. The third kappa shape index (κ3) is 3.48. The van der Waals surface area contributed by atoms with E-state index in [0.717, 1.165) is 17.1 Å². The summed E-state index contributed by atoms with van der Waals surface area (Å²) in [5.74, 6) is 2.21. The van der Waals surface area contributed by atoms with Gasteiger partial charge in [-0.15, -0.1) is 0 Å². The number of nitrogens with zero attached hydrogens (tertiary/aromatic N) is 1. The second-order valence-corrected chi connectivity index (χ2v) is 4.41. The number of rotatable bonds is 6. The third-order valence-electron chi connectivity index (χ3n) is 3.05. The first-order valence-electron chi connectivity index (χ1n) is 6.77. The van der Waals surface area contributed by atoms with Gasteiger partial charge < -0.3 is 14.8 Å². The molecule has 1 aromatic heterocycles. The van der Waals surface area contributed by atoms with Crippen molar-refractivity contribution in [2.45, 2.75) is 19.9 Å². The van der Waals surface area contributed by atoms with Crippen LogP contribution in [0.25, 0.3) is 0 Å². The van der Waals surface area contributed by atoms with E-state index in [9.17, 15) is 0 Å². The lowest BCUT2D eigenvalue weighted by molar-refractivity contribution is 0.339. The van der Waals surface area contributed by atoms with Gasteiger partial charge in [-0.2, -0.15) is 0 Å². The Morgan fingerprint density at radius 2 is 1.85 bits per heavy atom. The maximum absolute atomic E-state index is 5.86. The van der Waals surface area contributed by atoms with Gasteiger partial charge in [0.2, 0.25) is 5.88 Å². The van der Waals surface area contributed by atoms with Crippen LogP contribution in [-0.4, -0.2) is 18.6 Å². The summed E-state index contributed by atoms with van der Waals surface area (Å²) in [6.07, 6.45) is 1.73. The van der Waals surface area contributed by atoms with Crippen LogP contribution in [0.2, 0.25) is 0 Å². The molecule has 0 bridgehead atoms. The van der Waals surface area contributed by atoms with Crippen LogP contribution < -0.4 is 14.8 Å². The van der Waals surface area contributed by atoms with Crippen LogP contribution in [0.4, 0.5) is 0 Å². The van der Waals surface area contributed by atoms with E-state index in [4.69, 9.17) is 9.47 Å². The minimum Gasteiger partial charge on any atom is -0.494 e. The van der Waals surface area contributed by atoms with Gasteiger partial charge in [-0.3, -0.25) is 0 Å². The molecule has 1 atom stereocenters. The van der Waals surface area contributed by atoms with Crippen molar-refractivity contribution >= 4 is 0 Å². The Morgan fingerprint density at radius 1 is 1.15 bits per heavy atom. The molecule has 0 fully saturated rings. The standard InChI is InChI=1S/C16H20N2O2/c1-4-19-13-7-9-14(10-8-13)20-16-15(12(2)17-3)6-5-11-18-16/h5-12,17H,4H2,1-3H3. The van der Waals surface area contributed by atoms with Gasteiger partial charge in [0.05, 0.1) is 6.61 Å². The summed E-state index contributed by atoms with van der Waals surface area (Å²) >= 11 is 0. The highest BCUT2D eigenvalue weighted by Crippen LogP contribution is 2.28. The highest BCUT2D eigenvalue weighted by atomic mass is 16.5. The number of pyridine rings is 1. The van der Waals surface area contributed by atoms with E-state index >= 15 is 0 Å². The van der Waals surface area contributed by atoms with E-state index in [1.807, 2.05) is 50.4 Å². The molecule has 4 nitrogen and oxygen atoms in total. The maximum atomic E-state index is 5.86. The Bertz CT molecular complexity index is 540. The van der Waals surface area contributed by atoms with E-state index in [-0.39, 0.29) is 6.04 Å². The Morgan fingerprint density at radius 3 is 2.50 bits per heavy atom. The molecule has 2 aromatic rings. The number of benzene rings is 1. The minimum absolute atomic E-state index is 0.182. The van der Waals surface area contributed by atoms with Gasteiger partial charge >= 0.3 is 0 Å². The van der Waals surface area contributed by atoms with E-state index in [1.165, 1.54) is 0 Å². The van der Waals surface area contributed by atoms with Gasteiger partial charge in [0, 0.05) is 17.8 Å². The molecule has 0 saturated carbocycles. The zero-order chi connectivity index (χ0) is 14.4. The van der Waals surface area contributed by atoms with Gasteiger partial charge in [0.1, 0.15) is 11.5 Å². The predicted molar refractivity (Wildman–Crippen MR) is 79.4 cm³/mol. The first kappa shape index (κ1) is 14.3. The van der Waals surface area contributed by atoms with Crippen molar-refractivity contribution in [1.29, 1.82) is 0 Å². The predicted octanol–water partition coefficient (Wildman–Crippen LogP) is 3.55. The maximum Gasteiger partial charge on any atom is 0.223 e. The zero-order valence-electron chi connectivity index (χ0n) is 12.1. The summed E-state index contributed by atoms with van der Waals surface area (Å²) in [4.78, 5) is 4.31. The van der Waals surface area contributed by atoms with Crippen molar-refractivity contribution in [2.75, 3.05) is 13.7 Å². The highest BCUT2D eigenvalue weighted by Gasteiger charge is 2.11. The lowest BCUT2D eigenvalue weighted by Gasteiger charge is -2.15. The second-order valence-electron chi connectivity index (χ2n) is 4.41. The topological polar surface area (TPSA) is 43.4 Å². The summed E-state index contributed by atoms with van der Waals surface area (Å²) in [5.41, 5.74) is 1.03. The van der Waals surface area contributed by atoms with Crippen LogP contribution in [0, 0.1) is 0 Å². The molecule has 106 valence electrons. The van der Waals surface area contributed by atoms with Crippen molar-refractivity contribution < 1.29 is 9.47 Å². The Balaban J connectivity index is 2.17. The Hall–Kier alpha value is -2.07. The van der Waals surface area contributed by atoms with Crippen LogP contribution in [0.1, 0.15) is 25.5 Å². The summed E-state index contributed by atoms with van der Waals surface area (Å²) < 4.78 is 11.3. The first-order valence-corrected chi connectivity index (χ1v) is 6.77. The average molecular weight is 272 g/mol. The molecule has 0 spiro atoms. The molecule has 0 aliphatic heterocycles. The fourth-order valence-corrected chi connectivity index (χ4v) is 1.86. The van der Waals surface area contributed by atoms with Crippen LogP contribution in [0.5, 0.6) is 17.4 Å². The molecule has 0 saturated heterocycles. The van der Waals surface area contributed by atoms with E-state index in [0.29, 0.717) is 12.5 Å². The fourth-order valence-electron chi connectivity index (χ4n) is 1.86. The number of nitrogens with one attached hydrogen (secondary N) is 1. The molecule has 4 heteroatoms. The molecular formula is C16H20N2O2. The molecule has 0 amide bonds. The van der Waals surface area contributed by atoms with Crippen LogP contribution in [0.3, 0.4) is 0 Å². The van der Waals surface area contributed by atoms with Gasteiger partial charge in [0.25, 0.3) is 0 Å². The second kappa shape index (κ2) is 6.91. The normalized spacial score (nSPS) is 11.9. The molecular weight excluding hydrogens is 252 g/mol. The number of aromatic nitrogens is 1. The number of ether oxygens (including phenoxy) is 2. The van der Waals surface area contributed by atoms with E-state index < -0.39 is 0 Å². The van der Waals surface area contributed by atoms with E-state index in [1.54, 1.807) is 6.20 Å². The van der Waals surface area contributed by atoms with Crippen molar-refractivity contribution in [2.24, 2.45) is 0 Å². The lowest BCUT2D eigenvalue weighted by atomic mass is 10.1. The summed E-state index contributed by atoms with van der Waals surface area (Å²) in [6, 6.07) is 11.7. The zero-order valence-corrected chi connectivity index (χ0v) is 12.1. The molecule has 0 radical (unpaired) electrons. The number of hydrogen-bond donors (Lipinski definition) is 1. The van der Waals surface area contributed by atoms with Crippen molar-refractivity contribution in [3.63, 3.8) is 0 Å². The quantitative estimate of drug-likeness (QED) is 0.873. The summed E-state index contributed by atoms with van der Waals surface area (Å²) in [6.45, 7) is 4.69. The minimum atomic E-state index is 0.182. The largest absolute Gasteiger partial charge is 0.494 e. The third-order valence-corrected chi connectivity index (χ3v) is 3.05. The molecule has 1 heterocycles. The summed E-state index contributed by atoms with van der Waals surface area (Å²) in [7, 11) is 1.92. The van der Waals surface area contributed by atoms with Crippen LogP contribution in [-0.2, 0) is 0 Å². The molecule has 2 rings (SSSR count). The van der Waals surface area contributed by atoms with Crippen LogP contribution in [0.15, 0.2) is 42.6 Å². The van der Waals surface area contributed by atoms with Gasteiger partial charge in [-0.05, 0) is 51.2 Å². The molecule has 1 unspecified atom stereocenters. The molecule has 20 heavy (non-hydrogen) atoms. The van der Waals surface area contributed by atoms with Gasteiger partial charge in [0.15, 0.2) is 0 Å². The van der Waals surface area contributed by atoms with Crippen molar-refractivity contribution in [1.82, 2.24) is 10.3 Å². The van der Waals surface area contributed by atoms with Crippen LogP contribution >= 0.6 is 0 Å². The average Bonchev–Trinajstić information content (AvgIpc) is 2.49. The van der Waals surface area contributed by atoms with Gasteiger partial charge in [-0.1, -0.05) is 6.07 Å². The lowest BCUT2D eigenvalue weighted by Crippen LogP contribution is -2.13. The molecule has 1 aromatic carbocycles. The molecule has 0 aliphatic carbocycles.